The quantitative estimate of drug-likeness (QED) is 0.857. The minimum Gasteiger partial charge on any atom is -0.494 e. The van der Waals surface area contributed by atoms with Gasteiger partial charge >= 0.3 is 5.97 Å². The van der Waals surface area contributed by atoms with Crippen LogP contribution in [0.1, 0.15) is 32.3 Å². The van der Waals surface area contributed by atoms with Crippen molar-refractivity contribution >= 4 is 17.8 Å². The Morgan fingerprint density at radius 1 is 1.33 bits per heavy atom. The predicted octanol–water partition coefficient (Wildman–Crippen LogP) is 3.73. The number of ether oxygens (including phenoxy) is 2. The second-order valence-corrected chi connectivity index (χ2v) is 4.82. The predicted molar refractivity (Wildman–Crippen MR) is 82.4 cm³/mol. The van der Waals surface area contributed by atoms with Crippen molar-refractivity contribution in [2.75, 3.05) is 6.61 Å². The molecule has 2 rings (SSSR count). The minimum atomic E-state index is -0.340. The van der Waals surface area contributed by atoms with E-state index in [9.17, 15) is 4.79 Å². The van der Waals surface area contributed by atoms with Gasteiger partial charge in [0.25, 0.3) is 0 Å². The van der Waals surface area contributed by atoms with Crippen LogP contribution in [0.2, 0.25) is 0 Å². The number of hydrogen-bond acceptors (Lipinski definition) is 4. The van der Waals surface area contributed by atoms with Crippen LogP contribution in [0.25, 0.3) is 6.08 Å². The van der Waals surface area contributed by atoms with E-state index in [0.29, 0.717) is 30.9 Å². The van der Waals surface area contributed by atoms with Crippen molar-refractivity contribution in [3.05, 3.63) is 47.2 Å². The van der Waals surface area contributed by atoms with Gasteiger partial charge in [0.2, 0.25) is 0 Å². The normalized spacial score (nSPS) is 16.6. The zero-order chi connectivity index (χ0) is 15.2. The molecule has 21 heavy (non-hydrogen) atoms. The van der Waals surface area contributed by atoms with Crippen LogP contribution in [0.15, 0.2) is 41.7 Å². The number of rotatable bonds is 4. The number of carbonyl (C=O) groups excluding carboxylic acids is 1. The molecule has 1 aromatic rings. The van der Waals surface area contributed by atoms with Gasteiger partial charge in [0.1, 0.15) is 11.5 Å². The number of nitrogens with one attached hydrogen (secondary N) is 1. The third kappa shape index (κ3) is 4.31. The lowest BCUT2D eigenvalue weighted by Gasteiger charge is -2.17. The van der Waals surface area contributed by atoms with Crippen molar-refractivity contribution in [1.82, 2.24) is 0 Å². The molecular weight excluding hydrogens is 266 g/mol. The Kier molecular flexibility index (Phi) is 4.93. The first kappa shape index (κ1) is 15.0. The van der Waals surface area contributed by atoms with E-state index in [4.69, 9.17) is 14.9 Å². The Labute approximate surface area is 124 Å². The molecule has 0 heterocycles. The lowest BCUT2D eigenvalue weighted by Crippen LogP contribution is -2.10. The average Bonchev–Trinajstić information content (AvgIpc) is 2.44. The molecule has 0 saturated carbocycles. The van der Waals surface area contributed by atoms with E-state index in [0.717, 1.165) is 16.9 Å². The molecule has 4 heteroatoms. The lowest BCUT2D eigenvalue weighted by atomic mass is 9.96. The van der Waals surface area contributed by atoms with Gasteiger partial charge in [-0.05, 0) is 36.8 Å². The molecule has 0 atom stereocenters. The Bertz CT molecular complexity index is 597. The first-order valence-electron chi connectivity index (χ1n) is 6.97. The second-order valence-electron chi connectivity index (χ2n) is 4.82. The summed E-state index contributed by atoms with van der Waals surface area (Å²) < 4.78 is 10.6. The van der Waals surface area contributed by atoms with E-state index in [1.54, 1.807) is 6.08 Å². The van der Waals surface area contributed by atoms with Crippen LogP contribution < -0.4 is 4.74 Å². The minimum absolute atomic E-state index is 0.340. The SMILES string of the molecule is CCOc1ccc(C=C2CC(=N)CC=C2OC(C)=O)cc1. The van der Waals surface area contributed by atoms with Crippen molar-refractivity contribution in [1.29, 1.82) is 5.41 Å². The van der Waals surface area contributed by atoms with E-state index in [-0.39, 0.29) is 5.97 Å². The Balaban J connectivity index is 2.23. The summed E-state index contributed by atoms with van der Waals surface area (Å²) in [7, 11) is 0. The maximum atomic E-state index is 11.1. The molecule has 0 saturated heterocycles. The summed E-state index contributed by atoms with van der Waals surface area (Å²) >= 11 is 0. The Hall–Kier alpha value is -2.36. The van der Waals surface area contributed by atoms with Crippen LogP contribution in [-0.4, -0.2) is 18.3 Å². The molecule has 0 aromatic heterocycles. The highest BCUT2D eigenvalue weighted by atomic mass is 16.5. The third-order valence-electron chi connectivity index (χ3n) is 3.04. The number of carbonyl (C=O) groups is 1. The summed E-state index contributed by atoms with van der Waals surface area (Å²) in [5, 5.41) is 7.80. The van der Waals surface area contributed by atoms with Gasteiger partial charge in [0.05, 0.1) is 6.61 Å². The number of benzene rings is 1. The highest BCUT2D eigenvalue weighted by molar-refractivity contribution is 5.89. The van der Waals surface area contributed by atoms with Crippen LogP contribution in [0, 0.1) is 5.41 Å². The first-order valence-corrected chi connectivity index (χ1v) is 6.97. The number of allylic oxidation sites excluding steroid dienone is 2. The summed E-state index contributed by atoms with van der Waals surface area (Å²) in [5.41, 5.74) is 2.45. The van der Waals surface area contributed by atoms with Crippen molar-refractivity contribution < 1.29 is 14.3 Å². The molecule has 1 aliphatic rings. The van der Waals surface area contributed by atoms with E-state index >= 15 is 0 Å². The van der Waals surface area contributed by atoms with Crippen LogP contribution in [0.4, 0.5) is 0 Å². The van der Waals surface area contributed by atoms with Crippen molar-refractivity contribution in [3.8, 4) is 5.75 Å². The fourth-order valence-electron chi connectivity index (χ4n) is 2.15. The van der Waals surface area contributed by atoms with Gasteiger partial charge in [-0.3, -0.25) is 4.79 Å². The van der Waals surface area contributed by atoms with Gasteiger partial charge in [0, 0.05) is 31.1 Å². The van der Waals surface area contributed by atoms with E-state index in [1.165, 1.54) is 6.92 Å². The molecule has 0 spiro atoms. The first-order chi connectivity index (χ1) is 10.1. The van der Waals surface area contributed by atoms with Crippen molar-refractivity contribution in [2.45, 2.75) is 26.7 Å². The van der Waals surface area contributed by atoms with Gasteiger partial charge < -0.3 is 14.9 Å². The largest absolute Gasteiger partial charge is 0.494 e. The maximum absolute atomic E-state index is 11.1. The van der Waals surface area contributed by atoms with Crippen LogP contribution >= 0.6 is 0 Å². The summed E-state index contributed by atoms with van der Waals surface area (Å²) in [6.07, 6.45) is 4.77. The molecule has 0 bridgehead atoms. The summed E-state index contributed by atoms with van der Waals surface area (Å²) in [4.78, 5) is 11.1. The van der Waals surface area contributed by atoms with Crippen molar-refractivity contribution in [2.24, 2.45) is 0 Å². The van der Waals surface area contributed by atoms with Crippen molar-refractivity contribution in [3.63, 3.8) is 0 Å². The van der Waals surface area contributed by atoms with Gasteiger partial charge in [-0.2, -0.15) is 0 Å². The summed E-state index contributed by atoms with van der Waals surface area (Å²) in [6.45, 7) is 3.96. The van der Waals surface area contributed by atoms with E-state index in [2.05, 4.69) is 0 Å². The highest BCUT2D eigenvalue weighted by Gasteiger charge is 2.16. The topological polar surface area (TPSA) is 59.4 Å². The molecule has 0 unspecified atom stereocenters. The highest BCUT2D eigenvalue weighted by Crippen LogP contribution is 2.26. The number of esters is 1. The lowest BCUT2D eigenvalue weighted by molar-refractivity contribution is -0.136. The van der Waals surface area contributed by atoms with Gasteiger partial charge in [-0.1, -0.05) is 12.1 Å². The third-order valence-corrected chi connectivity index (χ3v) is 3.04. The zero-order valence-corrected chi connectivity index (χ0v) is 12.3. The fraction of sp³-hybridized carbons (Fsp3) is 0.294. The number of hydrogen-bond donors (Lipinski definition) is 1. The summed E-state index contributed by atoms with van der Waals surface area (Å²) in [5.74, 6) is 1.05. The molecule has 0 fully saturated rings. The Morgan fingerprint density at radius 3 is 2.67 bits per heavy atom. The van der Waals surface area contributed by atoms with Crippen LogP contribution in [0.3, 0.4) is 0 Å². The van der Waals surface area contributed by atoms with Gasteiger partial charge in [-0.25, -0.2) is 0 Å². The molecule has 4 nitrogen and oxygen atoms in total. The van der Waals surface area contributed by atoms with Crippen LogP contribution in [-0.2, 0) is 9.53 Å². The maximum Gasteiger partial charge on any atom is 0.308 e. The van der Waals surface area contributed by atoms with Gasteiger partial charge in [-0.15, -0.1) is 0 Å². The van der Waals surface area contributed by atoms with Gasteiger partial charge in [0.15, 0.2) is 0 Å². The second kappa shape index (κ2) is 6.88. The molecular formula is C17H19NO3. The Morgan fingerprint density at radius 2 is 2.05 bits per heavy atom. The smallest absolute Gasteiger partial charge is 0.308 e. The van der Waals surface area contributed by atoms with E-state index in [1.807, 2.05) is 37.3 Å². The molecule has 110 valence electrons. The fourth-order valence-corrected chi connectivity index (χ4v) is 2.15. The monoisotopic (exact) mass is 285 g/mol. The molecule has 1 N–H and O–H groups in total. The summed E-state index contributed by atoms with van der Waals surface area (Å²) in [6, 6.07) is 7.70. The van der Waals surface area contributed by atoms with Crippen LogP contribution in [0.5, 0.6) is 5.75 Å². The zero-order valence-electron chi connectivity index (χ0n) is 12.3. The van der Waals surface area contributed by atoms with E-state index < -0.39 is 0 Å². The molecule has 1 aliphatic carbocycles. The average molecular weight is 285 g/mol. The molecule has 0 amide bonds. The molecule has 0 radical (unpaired) electrons. The molecule has 0 aliphatic heterocycles. The molecule has 1 aromatic carbocycles. The standard InChI is InChI=1S/C17H19NO3/c1-3-20-16-7-4-13(5-8-16)10-14-11-15(18)6-9-17(14)21-12(2)19/h4-5,7-10,18H,3,6,11H2,1-2H3.